The van der Waals surface area contributed by atoms with Gasteiger partial charge in [0.25, 0.3) is 10.0 Å². The molecule has 152 valence electrons. The maximum atomic E-state index is 13.0. The molecule has 2 aromatic carbocycles. The predicted molar refractivity (Wildman–Crippen MR) is 113 cm³/mol. The van der Waals surface area contributed by atoms with Crippen LogP contribution in [0.1, 0.15) is 36.5 Å². The third-order valence-electron chi connectivity index (χ3n) is 5.06. The molecule has 1 fully saturated rings. The molecule has 0 unspecified atom stereocenters. The van der Waals surface area contributed by atoms with Crippen molar-refractivity contribution in [2.75, 3.05) is 21.3 Å². The molecule has 0 atom stereocenters. The fourth-order valence-corrected chi connectivity index (χ4v) is 6.56. The molecule has 1 aliphatic rings. The maximum absolute atomic E-state index is 13.0. The normalized spacial score (nSPS) is 16.8. The van der Waals surface area contributed by atoms with Crippen molar-refractivity contribution in [1.82, 2.24) is 0 Å². The van der Waals surface area contributed by atoms with E-state index in [0.29, 0.717) is 36.3 Å². The van der Waals surface area contributed by atoms with E-state index in [1.165, 1.54) is 10.4 Å². The van der Waals surface area contributed by atoms with E-state index in [0.717, 1.165) is 17.5 Å². The number of nitrogens with zero attached hydrogens (tertiary/aromatic N) is 1. The van der Waals surface area contributed by atoms with E-state index in [9.17, 15) is 16.8 Å². The Morgan fingerprint density at radius 3 is 2.46 bits per heavy atom. The number of hydrogen-bond donors (Lipinski definition) is 1. The van der Waals surface area contributed by atoms with Crippen molar-refractivity contribution in [2.24, 2.45) is 0 Å². The summed E-state index contributed by atoms with van der Waals surface area (Å²) in [4.78, 5) is 0.149. The summed E-state index contributed by atoms with van der Waals surface area (Å²) in [5.41, 5.74) is 3.42. The third-order valence-corrected chi connectivity index (χ3v) is 8.44. The zero-order valence-corrected chi connectivity index (χ0v) is 18.0. The molecule has 0 spiro atoms. The van der Waals surface area contributed by atoms with Crippen LogP contribution in [0.4, 0.5) is 11.4 Å². The zero-order chi connectivity index (χ0) is 20.5. The number of anilines is 2. The highest BCUT2D eigenvalue weighted by Gasteiger charge is 2.27. The summed E-state index contributed by atoms with van der Waals surface area (Å²) in [5.74, 6) is 0.126. The Morgan fingerprint density at radius 1 is 1.07 bits per heavy atom. The number of hydrogen-bond acceptors (Lipinski definition) is 4. The van der Waals surface area contributed by atoms with E-state index in [-0.39, 0.29) is 10.6 Å². The van der Waals surface area contributed by atoms with Crippen molar-refractivity contribution in [3.8, 4) is 0 Å². The van der Waals surface area contributed by atoms with E-state index < -0.39 is 20.0 Å². The first kappa shape index (κ1) is 20.7. The SMILES string of the molecule is CCc1cccc(C)c1NS(=O)(=O)c1ccc(N2CCCCS2(=O)=O)cc1C. The average Bonchev–Trinajstić information content (AvgIpc) is 2.62. The Bertz CT molecular complexity index is 1090. The number of aryl methyl sites for hydroxylation is 3. The molecule has 0 aromatic heterocycles. The molecule has 0 amide bonds. The highest BCUT2D eigenvalue weighted by molar-refractivity contribution is 7.93. The Labute approximate surface area is 167 Å². The minimum Gasteiger partial charge on any atom is -0.279 e. The molecule has 1 saturated heterocycles. The number of nitrogens with one attached hydrogen (secondary N) is 1. The summed E-state index contributed by atoms with van der Waals surface area (Å²) in [5, 5.41) is 0. The van der Waals surface area contributed by atoms with Gasteiger partial charge in [-0.05, 0) is 68.0 Å². The summed E-state index contributed by atoms with van der Waals surface area (Å²) < 4.78 is 54.8. The van der Waals surface area contributed by atoms with E-state index in [1.807, 2.05) is 32.0 Å². The molecule has 1 aliphatic heterocycles. The van der Waals surface area contributed by atoms with E-state index in [4.69, 9.17) is 0 Å². The number of para-hydroxylation sites is 1. The van der Waals surface area contributed by atoms with Gasteiger partial charge < -0.3 is 0 Å². The Balaban J connectivity index is 1.96. The molecule has 1 N–H and O–H groups in total. The second-order valence-electron chi connectivity index (χ2n) is 7.11. The lowest BCUT2D eigenvalue weighted by Gasteiger charge is -2.28. The fourth-order valence-electron chi connectivity index (χ4n) is 3.53. The summed E-state index contributed by atoms with van der Waals surface area (Å²) in [6, 6.07) is 10.4. The largest absolute Gasteiger partial charge is 0.279 e. The van der Waals surface area contributed by atoms with E-state index in [2.05, 4.69) is 4.72 Å². The highest BCUT2D eigenvalue weighted by Crippen LogP contribution is 2.30. The molecule has 0 saturated carbocycles. The number of benzene rings is 2. The quantitative estimate of drug-likeness (QED) is 0.798. The Kier molecular flexibility index (Phi) is 5.72. The smallest absolute Gasteiger partial charge is 0.262 e. The molecule has 1 heterocycles. The zero-order valence-electron chi connectivity index (χ0n) is 16.4. The topological polar surface area (TPSA) is 83.6 Å². The van der Waals surface area contributed by atoms with Crippen LogP contribution in [0, 0.1) is 13.8 Å². The van der Waals surface area contributed by atoms with Gasteiger partial charge in [-0.3, -0.25) is 9.03 Å². The van der Waals surface area contributed by atoms with Crippen LogP contribution in [-0.2, 0) is 26.5 Å². The van der Waals surface area contributed by atoms with Gasteiger partial charge in [-0.1, -0.05) is 25.1 Å². The van der Waals surface area contributed by atoms with Crippen LogP contribution in [-0.4, -0.2) is 29.1 Å². The van der Waals surface area contributed by atoms with Gasteiger partial charge in [0.1, 0.15) is 0 Å². The van der Waals surface area contributed by atoms with Crippen LogP contribution in [0.3, 0.4) is 0 Å². The molecule has 0 bridgehead atoms. The van der Waals surface area contributed by atoms with Crippen LogP contribution in [0.25, 0.3) is 0 Å². The van der Waals surface area contributed by atoms with Gasteiger partial charge in [0, 0.05) is 6.54 Å². The summed E-state index contributed by atoms with van der Waals surface area (Å²) in [6.45, 7) is 5.96. The molecule has 0 aliphatic carbocycles. The predicted octanol–water partition coefficient (Wildman–Crippen LogP) is 3.60. The van der Waals surface area contributed by atoms with E-state index >= 15 is 0 Å². The molecule has 3 rings (SSSR count). The average molecular weight is 423 g/mol. The summed E-state index contributed by atoms with van der Waals surface area (Å²) >= 11 is 0. The first-order valence-electron chi connectivity index (χ1n) is 9.38. The van der Waals surface area contributed by atoms with Crippen LogP contribution < -0.4 is 9.03 Å². The lowest BCUT2D eigenvalue weighted by Crippen LogP contribution is -2.37. The third kappa shape index (κ3) is 4.03. The second kappa shape index (κ2) is 7.75. The molecular weight excluding hydrogens is 396 g/mol. The lowest BCUT2D eigenvalue weighted by atomic mass is 10.1. The van der Waals surface area contributed by atoms with Gasteiger partial charge >= 0.3 is 0 Å². The van der Waals surface area contributed by atoms with Crippen molar-refractivity contribution >= 4 is 31.4 Å². The fraction of sp³-hybridized carbons (Fsp3) is 0.400. The minimum absolute atomic E-state index is 0.126. The summed E-state index contributed by atoms with van der Waals surface area (Å²) in [7, 11) is -7.13. The Morgan fingerprint density at radius 2 is 1.82 bits per heavy atom. The molecule has 2 aromatic rings. The summed E-state index contributed by atoms with van der Waals surface area (Å²) in [6.07, 6.45) is 2.17. The maximum Gasteiger partial charge on any atom is 0.262 e. The molecule has 0 radical (unpaired) electrons. The Hall–Kier alpha value is -2.06. The van der Waals surface area contributed by atoms with Crippen molar-refractivity contribution in [2.45, 2.75) is 44.9 Å². The van der Waals surface area contributed by atoms with Crippen LogP contribution in [0.2, 0.25) is 0 Å². The van der Waals surface area contributed by atoms with Crippen LogP contribution >= 0.6 is 0 Å². The lowest BCUT2D eigenvalue weighted by molar-refractivity contribution is 0.574. The second-order valence-corrected chi connectivity index (χ2v) is 10.8. The highest BCUT2D eigenvalue weighted by atomic mass is 32.2. The van der Waals surface area contributed by atoms with Gasteiger partial charge in [0.15, 0.2) is 0 Å². The molecular formula is C20H26N2O4S2. The van der Waals surface area contributed by atoms with Gasteiger partial charge in [-0.15, -0.1) is 0 Å². The van der Waals surface area contributed by atoms with Gasteiger partial charge in [-0.25, -0.2) is 16.8 Å². The minimum atomic E-state index is -3.79. The van der Waals surface area contributed by atoms with Crippen LogP contribution in [0.5, 0.6) is 0 Å². The van der Waals surface area contributed by atoms with Gasteiger partial charge in [0.05, 0.1) is 22.0 Å². The molecule has 28 heavy (non-hydrogen) atoms. The van der Waals surface area contributed by atoms with Crippen LogP contribution in [0.15, 0.2) is 41.3 Å². The first-order valence-corrected chi connectivity index (χ1v) is 12.5. The standard InChI is InChI=1S/C20H26N2O4S2/c1-4-17-9-7-8-15(2)20(17)21-28(25,26)19-11-10-18(14-16(19)3)22-12-5-6-13-27(22,23)24/h7-11,14,21H,4-6,12-13H2,1-3H3. The van der Waals surface area contributed by atoms with Crippen molar-refractivity contribution in [3.63, 3.8) is 0 Å². The number of rotatable bonds is 5. The number of sulfonamides is 2. The molecule has 6 nitrogen and oxygen atoms in total. The first-order chi connectivity index (χ1) is 13.2. The van der Waals surface area contributed by atoms with Gasteiger partial charge in [0.2, 0.25) is 10.0 Å². The monoisotopic (exact) mass is 422 g/mol. The molecule has 8 heteroatoms. The van der Waals surface area contributed by atoms with Crippen molar-refractivity contribution in [1.29, 1.82) is 0 Å². The van der Waals surface area contributed by atoms with E-state index in [1.54, 1.807) is 19.1 Å². The van der Waals surface area contributed by atoms with Gasteiger partial charge in [-0.2, -0.15) is 0 Å². The van der Waals surface area contributed by atoms with Crippen molar-refractivity contribution in [3.05, 3.63) is 53.1 Å². The van der Waals surface area contributed by atoms with Crippen molar-refractivity contribution < 1.29 is 16.8 Å².